The van der Waals surface area contributed by atoms with Crippen LogP contribution in [-0.2, 0) is 4.79 Å². The zero-order valence-electron chi connectivity index (χ0n) is 24.6. The number of amides is 1. The van der Waals surface area contributed by atoms with Crippen LogP contribution in [0.5, 0.6) is 6.01 Å². The maximum absolute atomic E-state index is 16.6. The summed E-state index contributed by atoms with van der Waals surface area (Å²) in [5.74, 6) is -0.669. The Bertz CT molecular complexity index is 1720. The van der Waals surface area contributed by atoms with Gasteiger partial charge in [-0.3, -0.25) is 14.7 Å². The standard InChI is InChI=1S/C33H36F2N6O2/c1-21(42)39-32(2)12-5-15-40(19-32)30-24-18-36-28(23-10-3-8-22-9-4-11-25(34)26(22)23)27(35)29(24)37-31(38-30)43-20-33-13-6-16-41(33)17-7-14-33/h3-4,8-11,18H,5-7,12-17,19-20H2,1-2H3,(H,39,42). The first kappa shape index (κ1) is 27.9. The largest absolute Gasteiger partial charge is 0.461 e. The van der Waals surface area contributed by atoms with E-state index in [1.165, 1.54) is 13.0 Å². The van der Waals surface area contributed by atoms with Crippen LogP contribution in [0.4, 0.5) is 14.6 Å². The summed E-state index contributed by atoms with van der Waals surface area (Å²) in [6.45, 7) is 7.27. The third kappa shape index (κ3) is 4.95. The molecule has 1 atom stereocenters. The molecule has 1 unspecified atom stereocenters. The first-order valence-electron chi connectivity index (χ1n) is 15.2. The minimum Gasteiger partial charge on any atom is -0.461 e. The minimum atomic E-state index is -0.648. The number of rotatable bonds is 6. The van der Waals surface area contributed by atoms with Crippen molar-refractivity contribution in [1.29, 1.82) is 0 Å². The van der Waals surface area contributed by atoms with Crippen LogP contribution < -0.4 is 15.0 Å². The molecule has 7 rings (SSSR count). The van der Waals surface area contributed by atoms with Crippen LogP contribution in [0.3, 0.4) is 0 Å². The molecule has 1 amide bonds. The van der Waals surface area contributed by atoms with Gasteiger partial charge in [0.15, 0.2) is 5.82 Å². The Hall–Kier alpha value is -3.92. The number of anilines is 1. The van der Waals surface area contributed by atoms with Gasteiger partial charge in [0.2, 0.25) is 5.91 Å². The van der Waals surface area contributed by atoms with Gasteiger partial charge in [-0.05, 0) is 70.0 Å². The topological polar surface area (TPSA) is 83.5 Å². The number of nitrogens with one attached hydrogen (secondary N) is 1. The Morgan fingerprint density at radius 1 is 1.02 bits per heavy atom. The Balaban J connectivity index is 1.34. The van der Waals surface area contributed by atoms with E-state index >= 15 is 8.78 Å². The summed E-state index contributed by atoms with van der Waals surface area (Å²) in [6.07, 6.45) is 7.59. The van der Waals surface area contributed by atoms with Gasteiger partial charge in [-0.25, -0.2) is 8.78 Å². The zero-order valence-corrected chi connectivity index (χ0v) is 24.6. The van der Waals surface area contributed by atoms with E-state index in [9.17, 15) is 4.79 Å². The number of carbonyl (C=O) groups is 1. The van der Waals surface area contributed by atoms with Gasteiger partial charge in [0.05, 0.1) is 16.5 Å². The molecule has 1 N–H and O–H groups in total. The van der Waals surface area contributed by atoms with Gasteiger partial charge >= 0.3 is 6.01 Å². The van der Waals surface area contributed by atoms with Crippen molar-refractivity contribution >= 4 is 33.4 Å². The van der Waals surface area contributed by atoms with E-state index in [0.29, 0.717) is 47.2 Å². The maximum Gasteiger partial charge on any atom is 0.319 e. The highest BCUT2D eigenvalue weighted by Gasteiger charge is 2.45. The van der Waals surface area contributed by atoms with Crippen LogP contribution in [0, 0.1) is 11.6 Å². The molecule has 0 spiro atoms. The molecule has 3 fully saturated rings. The molecule has 0 radical (unpaired) electrons. The number of fused-ring (bicyclic) bond motifs is 3. The number of nitrogens with zero attached hydrogens (tertiary/aromatic N) is 5. The molecule has 0 saturated carbocycles. The van der Waals surface area contributed by atoms with Gasteiger partial charge in [-0.2, -0.15) is 9.97 Å². The van der Waals surface area contributed by atoms with Gasteiger partial charge in [0.25, 0.3) is 0 Å². The molecule has 3 saturated heterocycles. The van der Waals surface area contributed by atoms with Crippen molar-refractivity contribution in [3.8, 4) is 17.3 Å². The third-order valence-electron chi connectivity index (χ3n) is 9.51. The molecular weight excluding hydrogens is 550 g/mol. The quantitative estimate of drug-likeness (QED) is 0.314. The molecule has 3 aliphatic heterocycles. The summed E-state index contributed by atoms with van der Waals surface area (Å²) in [6, 6.07) is 10.2. The number of piperidine rings is 1. The Kier molecular flexibility index (Phi) is 6.91. The fourth-order valence-electron chi connectivity index (χ4n) is 7.61. The number of ether oxygens (including phenoxy) is 1. The van der Waals surface area contributed by atoms with Gasteiger partial charge in [0, 0.05) is 37.2 Å². The molecule has 43 heavy (non-hydrogen) atoms. The van der Waals surface area contributed by atoms with E-state index in [2.05, 4.69) is 25.1 Å². The molecule has 3 aliphatic rings. The summed E-state index contributed by atoms with van der Waals surface area (Å²) in [4.78, 5) is 30.5. The molecule has 10 heteroatoms. The Morgan fingerprint density at radius 2 is 1.77 bits per heavy atom. The first-order valence-corrected chi connectivity index (χ1v) is 15.2. The van der Waals surface area contributed by atoms with Crippen LogP contribution in [0.2, 0.25) is 0 Å². The van der Waals surface area contributed by atoms with Crippen molar-refractivity contribution in [2.45, 2.75) is 63.5 Å². The average Bonchev–Trinajstić information content (AvgIpc) is 3.56. The van der Waals surface area contributed by atoms with E-state index in [1.54, 1.807) is 36.5 Å². The van der Waals surface area contributed by atoms with Crippen LogP contribution in [-0.4, -0.2) is 69.6 Å². The van der Waals surface area contributed by atoms with E-state index in [0.717, 1.165) is 51.6 Å². The smallest absolute Gasteiger partial charge is 0.319 e. The number of aromatic nitrogens is 3. The molecule has 5 heterocycles. The molecule has 2 aromatic carbocycles. The molecule has 2 aromatic heterocycles. The van der Waals surface area contributed by atoms with Crippen molar-refractivity contribution < 1.29 is 18.3 Å². The lowest BCUT2D eigenvalue weighted by atomic mass is 9.91. The van der Waals surface area contributed by atoms with Gasteiger partial charge < -0.3 is 15.0 Å². The summed E-state index contributed by atoms with van der Waals surface area (Å²) < 4.78 is 38.0. The van der Waals surface area contributed by atoms with Crippen LogP contribution in [0.25, 0.3) is 32.9 Å². The number of halogens is 2. The number of hydrogen-bond acceptors (Lipinski definition) is 7. The SMILES string of the molecule is CC(=O)NC1(C)CCCN(c2nc(OCC34CCCN3CCC4)nc3c(F)c(-c4cccc5cccc(F)c45)ncc23)C1. The van der Waals surface area contributed by atoms with Crippen molar-refractivity contribution in [1.82, 2.24) is 25.2 Å². The molecule has 224 valence electrons. The minimum absolute atomic E-state index is 0.0249. The molecule has 8 nitrogen and oxygen atoms in total. The second kappa shape index (κ2) is 10.7. The predicted octanol–water partition coefficient (Wildman–Crippen LogP) is 5.63. The molecular formula is C33H36F2N6O2. The van der Waals surface area contributed by atoms with E-state index in [-0.39, 0.29) is 28.7 Å². The van der Waals surface area contributed by atoms with Gasteiger partial charge in [0.1, 0.15) is 29.5 Å². The predicted molar refractivity (Wildman–Crippen MR) is 162 cm³/mol. The summed E-state index contributed by atoms with van der Waals surface area (Å²) in [7, 11) is 0. The second-order valence-corrected chi connectivity index (χ2v) is 12.6. The zero-order chi connectivity index (χ0) is 29.8. The van der Waals surface area contributed by atoms with Crippen LogP contribution in [0.15, 0.2) is 42.6 Å². The fraction of sp³-hybridized carbons (Fsp3) is 0.455. The van der Waals surface area contributed by atoms with E-state index in [1.807, 2.05) is 6.92 Å². The highest BCUT2D eigenvalue weighted by Crippen LogP contribution is 2.40. The third-order valence-corrected chi connectivity index (χ3v) is 9.51. The number of pyridine rings is 1. The van der Waals surface area contributed by atoms with Crippen molar-refractivity contribution in [3.63, 3.8) is 0 Å². The summed E-state index contributed by atoms with van der Waals surface area (Å²) in [5.41, 5.74) is -0.0349. The Morgan fingerprint density at radius 3 is 2.53 bits per heavy atom. The second-order valence-electron chi connectivity index (χ2n) is 12.6. The maximum atomic E-state index is 16.6. The van der Waals surface area contributed by atoms with Crippen molar-refractivity contribution in [3.05, 3.63) is 54.2 Å². The lowest BCUT2D eigenvalue weighted by Gasteiger charge is -2.41. The number of hydrogen-bond donors (Lipinski definition) is 1. The number of carbonyl (C=O) groups excluding carboxylic acids is 1. The molecule has 4 aromatic rings. The van der Waals surface area contributed by atoms with E-state index < -0.39 is 17.2 Å². The van der Waals surface area contributed by atoms with Gasteiger partial charge in [-0.1, -0.05) is 30.3 Å². The molecule has 0 aliphatic carbocycles. The first-order chi connectivity index (χ1) is 20.8. The highest BCUT2D eigenvalue weighted by atomic mass is 19.1. The van der Waals surface area contributed by atoms with Gasteiger partial charge in [-0.15, -0.1) is 0 Å². The van der Waals surface area contributed by atoms with E-state index in [4.69, 9.17) is 9.72 Å². The number of benzene rings is 2. The van der Waals surface area contributed by atoms with Crippen LogP contribution >= 0.6 is 0 Å². The lowest BCUT2D eigenvalue weighted by Crippen LogP contribution is -2.56. The normalized spacial score (nSPS) is 21.8. The lowest BCUT2D eigenvalue weighted by molar-refractivity contribution is -0.120. The highest BCUT2D eigenvalue weighted by molar-refractivity contribution is 5.99. The average molecular weight is 587 g/mol. The van der Waals surface area contributed by atoms with Crippen molar-refractivity contribution in [2.75, 3.05) is 37.7 Å². The summed E-state index contributed by atoms with van der Waals surface area (Å²) >= 11 is 0. The molecule has 0 bridgehead atoms. The fourth-order valence-corrected chi connectivity index (χ4v) is 7.61. The monoisotopic (exact) mass is 586 g/mol. The summed E-state index contributed by atoms with van der Waals surface area (Å²) in [5, 5.41) is 4.50. The van der Waals surface area contributed by atoms with Crippen LogP contribution in [0.1, 0.15) is 52.4 Å². The van der Waals surface area contributed by atoms with Crippen molar-refractivity contribution in [2.24, 2.45) is 0 Å². The Labute approximate surface area is 249 Å².